The van der Waals surface area contributed by atoms with Gasteiger partial charge < -0.3 is 20.6 Å². The SMILES string of the molecule is CN(C)CCCOc1cccc(/C(N)=N/O)c1. The maximum absolute atomic E-state index is 8.57. The van der Waals surface area contributed by atoms with Crippen molar-refractivity contribution in [2.24, 2.45) is 10.9 Å². The van der Waals surface area contributed by atoms with Crippen LogP contribution in [0.2, 0.25) is 0 Å². The van der Waals surface area contributed by atoms with Crippen molar-refractivity contribution in [3.63, 3.8) is 0 Å². The molecule has 0 atom stereocenters. The van der Waals surface area contributed by atoms with Crippen molar-refractivity contribution < 1.29 is 9.94 Å². The van der Waals surface area contributed by atoms with Gasteiger partial charge in [-0.25, -0.2) is 0 Å². The van der Waals surface area contributed by atoms with Crippen LogP contribution in [-0.2, 0) is 0 Å². The fourth-order valence-corrected chi connectivity index (χ4v) is 1.37. The molecule has 0 radical (unpaired) electrons. The van der Waals surface area contributed by atoms with E-state index < -0.39 is 0 Å². The zero-order valence-electron chi connectivity index (χ0n) is 10.3. The molecule has 5 nitrogen and oxygen atoms in total. The van der Waals surface area contributed by atoms with Gasteiger partial charge in [-0.15, -0.1) is 0 Å². The molecule has 0 fully saturated rings. The Morgan fingerprint density at radius 3 is 2.88 bits per heavy atom. The summed E-state index contributed by atoms with van der Waals surface area (Å²) < 4.78 is 5.57. The fraction of sp³-hybridized carbons (Fsp3) is 0.417. The van der Waals surface area contributed by atoms with Gasteiger partial charge in [0, 0.05) is 12.1 Å². The summed E-state index contributed by atoms with van der Waals surface area (Å²) >= 11 is 0. The summed E-state index contributed by atoms with van der Waals surface area (Å²) in [6.45, 7) is 1.64. The Morgan fingerprint density at radius 2 is 2.24 bits per heavy atom. The molecule has 0 spiro atoms. The minimum Gasteiger partial charge on any atom is -0.494 e. The molecule has 17 heavy (non-hydrogen) atoms. The van der Waals surface area contributed by atoms with E-state index in [1.54, 1.807) is 12.1 Å². The van der Waals surface area contributed by atoms with Gasteiger partial charge in [-0.05, 0) is 32.6 Å². The highest BCUT2D eigenvalue weighted by Gasteiger charge is 2.01. The summed E-state index contributed by atoms with van der Waals surface area (Å²) in [5.74, 6) is 0.816. The largest absolute Gasteiger partial charge is 0.494 e. The predicted octanol–water partition coefficient (Wildman–Crippen LogP) is 1.11. The van der Waals surface area contributed by atoms with E-state index in [-0.39, 0.29) is 5.84 Å². The average molecular weight is 237 g/mol. The molecule has 0 bridgehead atoms. The second-order valence-electron chi connectivity index (χ2n) is 4.02. The lowest BCUT2D eigenvalue weighted by molar-refractivity contribution is 0.281. The molecule has 0 saturated carbocycles. The van der Waals surface area contributed by atoms with Crippen LogP contribution >= 0.6 is 0 Å². The number of benzene rings is 1. The highest BCUT2D eigenvalue weighted by Crippen LogP contribution is 2.13. The Morgan fingerprint density at radius 1 is 1.47 bits per heavy atom. The summed E-state index contributed by atoms with van der Waals surface area (Å²) in [6.07, 6.45) is 0.959. The van der Waals surface area contributed by atoms with Gasteiger partial charge in [0.2, 0.25) is 0 Å². The number of nitrogens with two attached hydrogens (primary N) is 1. The third kappa shape index (κ3) is 4.74. The quantitative estimate of drug-likeness (QED) is 0.256. The Hall–Kier alpha value is -1.75. The molecule has 1 aromatic carbocycles. The third-order valence-electron chi connectivity index (χ3n) is 2.26. The van der Waals surface area contributed by atoms with Gasteiger partial charge in [0.15, 0.2) is 5.84 Å². The Bertz CT molecular complexity index is 378. The number of amidine groups is 1. The summed E-state index contributed by atoms with van der Waals surface area (Å²) in [5.41, 5.74) is 6.15. The van der Waals surface area contributed by atoms with E-state index in [9.17, 15) is 0 Å². The van der Waals surface area contributed by atoms with Crippen LogP contribution in [-0.4, -0.2) is 43.2 Å². The first-order valence-electron chi connectivity index (χ1n) is 5.49. The molecule has 0 aromatic heterocycles. The number of hydrogen-bond donors (Lipinski definition) is 2. The summed E-state index contributed by atoms with van der Waals surface area (Å²) in [7, 11) is 4.05. The molecular weight excluding hydrogens is 218 g/mol. The first-order valence-corrected chi connectivity index (χ1v) is 5.49. The van der Waals surface area contributed by atoms with Crippen molar-refractivity contribution in [3.05, 3.63) is 29.8 Å². The van der Waals surface area contributed by atoms with Crippen LogP contribution in [0.4, 0.5) is 0 Å². The molecular formula is C12H19N3O2. The molecule has 0 aliphatic heterocycles. The van der Waals surface area contributed by atoms with Gasteiger partial charge in [0.1, 0.15) is 5.75 Å². The Labute approximate surface area is 101 Å². The number of nitrogens with zero attached hydrogens (tertiary/aromatic N) is 2. The van der Waals surface area contributed by atoms with Crippen LogP contribution in [0.15, 0.2) is 29.4 Å². The lowest BCUT2D eigenvalue weighted by atomic mass is 10.2. The average Bonchev–Trinajstić information content (AvgIpc) is 2.34. The minimum atomic E-state index is 0.0868. The second kappa shape index (κ2) is 6.75. The normalized spacial score (nSPS) is 11.8. The van der Waals surface area contributed by atoms with E-state index in [2.05, 4.69) is 10.1 Å². The minimum absolute atomic E-state index is 0.0868. The van der Waals surface area contributed by atoms with Gasteiger partial charge in [0.25, 0.3) is 0 Å². The van der Waals surface area contributed by atoms with Gasteiger partial charge in [-0.3, -0.25) is 0 Å². The van der Waals surface area contributed by atoms with Crippen molar-refractivity contribution in [2.45, 2.75) is 6.42 Å². The Kier molecular flexibility index (Phi) is 5.29. The van der Waals surface area contributed by atoms with Crippen molar-refractivity contribution >= 4 is 5.84 Å². The van der Waals surface area contributed by atoms with Crippen LogP contribution in [0.3, 0.4) is 0 Å². The summed E-state index contributed by atoms with van der Waals surface area (Å²) in [5, 5.41) is 11.5. The molecule has 0 heterocycles. The zero-order valence-corrected chi connectivity index (χ0v) is 10.3. The van der Waals surface area contributed by atoms with E-state index in [0.717, 1.165) is 18.7 Å². The van der Waals surface area contributed by atoms with E-state index in [1.807, 2.05) is 26.2 Å². The lowest BCUT2D eigenvalue weighted by Gasteiger charge is -2.10. The third-order valence-corrected chi connectivity index (χ3v) is 2.26. The van der Waals surface area contributed by atoms with Crippen LogP contribution < -0.4 is 10.5 Å². The van der Waals surface area contributed by atoms with E-state index >= 15 is 0 Å². The topological polar surface area (TPSA) is 71.1 Å². The molecule has 0 amide bonds. The Balaban J connectivity index is 2.49. The molecule has 0 aliphatic carbocycles. The number of ether oxygens (including phenoxy) is 1. The number of oxime groups is 1. The molecule has 0 unspecified atom stereocenters. The van der Waals surface area contributed by atoms with E-state index in [1.165, 1.54) is 0 Å². The summed E-state index contributed by atoms with van der Waals surface area (Å²) in [6, 6.07) is 7.19. The molecule has 94 valence electrons. The zero-order chi connectivity index (χ0) is 12.7. The monoisotopic (exact) mass is 237 g/mol. The highest BCUT2D eigenvalue weighted by atomic mass is 16.5. The van der Waals surface area contributed by atoms with Gasteiger partial charge >= 0.3 is 0 Å². The van der Waals surface area contributed by atoms with Crippen molar-refractivity contribution in [2.75, 3.05) is 27.2 Å². The lowest BCUT2D eigenvalue weighted by Crippen LogP contribution is -2.16. The van der Waals surface area contributed by atoms with Gasteiger partial charge in [0.05, 0.1) is 6.61 Å². The fourth-order valence-electron chi connectivity index (χ4n) is 1.37. The number of hydrogen-bond acceptors (Lipinski definition) is 4. The van der Waals surface area contributed by atoms with E-state index in [0.29, 0.717) is 12.2 Å². The highest BCUT2D eigenvalue weighted by molar-refractivity contribution is 5.97. The maximum atomic E-state index is 8.57. The first kappa shape index (κ1) is 13.3. The molecule has 0 aliphatic rings. The van der Waals surface area contributed by atoms with Crippen molar-refractivity contribution in [1.29, 1.82) is 0 Å². The standard InChI is InChI=1S/C12H19N3O2/c1-15(2)7-4-8-17-11-6-3-5-10(9-11)12(13)14-16/h3,5-6,9,16H,4,7-8H2,1-2H3,(H2,13,14). The second-order valence-corrected chi connectivity index (χ2v) is 4.02. The van der Waals surface area contributed by atoms with Gasteiger partial charge in [-0.2, -0.15) is 0 Å². The molecule has 3 N–H and O–H groups in total. The molecule has 5 heteroatoms. The van der Waals surface area contributed by atoms with Crippen LogP contribution in [0.1, 0.15) is 12.0 Å². The maximum Gasteiger partial charge on any atom is 0.170 e. The smallest absolute Gasteiger partial charge is 0.170 e. The first-order chi connectivity index (χ1) is 8.13. The van der Waals surface area contributed by atoms with Gasteiger partial charge in [-0.1, -0.05) is 17.3 Å². The molecule has 1 aromatic rings. The van der Waals surface area contributed by atoms with Crippen LogP contribution in [0, 0.1) is 0 Å². The van der Waals surface area contributed by atoms with E-state index in [4.69, 9.17) is 15.7 Å². The predicted molar refractivity (Wildman–Crippen MR) is 67.6 cm³/mol. The van der Waals surface area contributed by atoms with Crippen LogP contribution in [0.25, 0.3) is 0 Å². The van der Waals surface area contributed by atoms with Crippen LogP contribution in [0.5, 0.6) is 5.75 Å². The van der Waals surface area contributed by atoms with Crippen molar-refractivity contribution in [3.8, 4) is 5.75 Å². The number of rotatable bonds is 6. The molecule has 0 saturated heterocycles. The molecule has 1 rings (SSSR count). The summed E-state index contributed by atoms with van der Waals surface area (Å²) in [4.78, 5) is 2.11. The van der Waals surface area contributed by atoms with Crippen molar-refractivity contribution in [1.82, 2.24) is 4.90 Å².